The van der Waals surface area contributed by atoms with Gasteiger partial charge >= 0.3 is 0 Å². The second kappa shape index (κ2) is 6.41. The molecule has 0 heterocycles. The largest absolute Gasteiger partial charge is 0.389 e. The van der Waals surface area contributed by atoms with Crippen LogP contribution in [-0.2, 0) is 11.3 Å². The fourth-order valence-corrected chi connectivity index (χ4v) is 2.39. The smallest absolute Gasteiger partial charge is 0.123 e. The van der Waals surface area contributed by atoms with Crippen molar-refractivity contribution in [2.75, 3.05) is 20.3 Å². The molecular formula is C14H19FN2OS. The van der Waals surface area contributed by atoms with Crippen molar-refractivity contribution >= 4 is 17.2 Å². The molecule has 0 radical (unpaired) electrons. The number of benzene rings is 1. The first-order chi connectivity index (χ1) is 9.11. The maximum Gasteiger partial charge on any atom is 0.123 e. The van der Waals surface area contributed by atoms with Crippen LogP contribution in [0.2, 0.25) is 0 Å². The van der Waals surface area contributed by atoms with Gasteiger partial charge in [-0.1, -0.05) is 12.2 Å². The Morgan fingerprint density at radius 3 is 2.84 bits per heavy atom. The highest BCUT2D eigenvalue weighted by molar-refractivity contribution is 7.80. The maximum absolute atomic E-state index is 13.4. The van der Waals surface area contributed by atoms with Crippen LogP contribution < -0.4 is 5.73 Å². The quantitative estimate of drug-likeness (QED) is 0.777. The summed E-state index contributed by atoms with van der Waals surface area (Å²) in [6.45, 7) is 2.18. The highest BCUT2D eigenvalue weighted by Crippen LogP contribution is 2.28. The van der Waals surface area contributed by atoms with Crippen molar-refractivity contribution in [3.8, 4) is 0 Å². The van der Waals surface area contributed by atoms with Gasteiger partial charge in [-0.25, -0.2) is 4.39 Å². The SMILES string of the molecule is COCCN(Cc1cc(F)ccc1C(N)=S)C1CC1. The van der Waals surface area contributed by atoms with Crippen molar-refractivity contribution in [1.29, 1.82) is 0 Å². The van der Waals surface area contributed by atoms with Crippen LogP contribution in [0.15, 0.2) is 18.2 Å². The summed E-state index contributed by atoms with van der Waals surface area (Å²) >= 11 is 5.03. The van der Waals surface area contributed by atoms with Gasteiger partial charge in [-0.2, -0.15) is 0 Å². The fraction of sp³-hybridized carbons (Fsp3) is 0.500. The van der Waals surface area contributed by atoms with Gasteiger partial charge in [0.15, 0.2) is 0 Å². The molecule has 1 aromatic rings. The Kier molecular flexibility index (Phi) is 4.85. The van der Waals surface area contributed by atoms with E-state index in [9.17, 15) is 4.39 Å². The second-order valence-corrected chi connectivity index (χ2v) is 5.30. The number of nitrogens with zero attached hydrogens (tertiary/aromatic N) is 1. The molecule has 0 amide bonds. The average Bonchev–Trinajstić information content (AvgIpc) is 3.18. The molecule has 0 saturated heterocycles. The van der Waals surface area contributed by atoms with E-state index in [1.807, 2.05) is 0 Å². The van der Waals surface area contributed by atoms with Crippen LogP contribution in [0.1, 0.15) is 24.0 Å². The molecule has 0 atom stereocenters. The van der Waals surface area contributed by atoms with Gasteiger partial charge in [0, 0.05) is 31.8 Å². The molecule has 1 fully saturated rings. The molecular weight excluding hydrogens is 263 g/mol. The van der Waals surface area contributed by atoms with Crippen LogP contribution in [0.3, 0.4) is 0 Å². The van der Waals surface area contributed by atoms with E-state index in [1.165, 1.54) is 25.0 Å². The minimum atomic E-state index is -0.252. The minimum Gasteiger partial charge on any atom is -0.389 e. The Hall–Kier alpha value is -1.04. The van der Waals surface area contributed by atoms with E-state index in [0.29, 0.717) is 24.2 Å². The molecule has 0 aliphatic heterocycles. The molecule has 1 saturated carbocycles. The lowest BCUT2D eigenvalue weighted by Crippen LogP contribution is -2.30. The predicted molar refractivity (Wildman–Crippen MR) is 77.6 cm³/mol. The van der Waals surface area contributed by atoms with Crippen LogP contribution >= 0.6 is 12.2 Å². The van der Waals surface area contributed by atoms with Crippen molar-refractivity contribution in [2.24, 2.45) is 5.73 Å². The second-order valence-electron chi connectivity index (χ2n) is 4.86. The summed E-state index contributed by atoms with van der Waals surface area (Å²) in [5.74, 6) is -0.252. The standard InChI is InChI=1S/C14H19FN2OS/c1-18-7-6-17(12-3-4-12)9-10-8-11(15)2-5-13(10)14(16)19/h2,5,8,12H,3-4,6-7,9H2,1H3,(H2,16,19). The van der Waals surface area contributed by atoms with E-state index >= 15 is 0 Å². The van der Waals surface area contributed by atoms with Crippen molar-refractivity contribution < 1.29 is 9.13 Å². The molecule has 104 valence electrons. The van der Waals surface area contributed by atoms with Gasteiger partial charge in [0.1, 0.15) is 10.8 Å². The van der Waals surface area contributed by atoms with Gasteiger partial charge in [0.2, 0.25) is 0 Å². The van der Waals surface area contributed by atoms with E-state index in [4.69, 9.17) is 22.7 Å². The summed E-state index contributed by atoms with van der Waals surface area (Å²) in [5.41, 5.74) is 7.32. The summed E-state index contributed by atoms with van der Waals surface area (Å²) in [6.07, 6.45) is 2.39. The monoisotopic (exact) mass is 282 g/mol. The average molecular weight is 282 g/mol. The summed E-state index contributed by atoms with van der Waals surface area (Å²) < 4.78 is 18.5. The van der Waals surface area contributed by atoms with Crippen molar-refractivity contribution in [2.45, 2.75) is 25.4 Å². The molecule has 0 aromatic heterocycles. The normalized spacial score (nSPS) is 14.9. The van der Waals surface area contributed by atoms with E-state index in [0.717, 1.165) is 17.7 Å². The molecule has 0 unspecified atom stereocenters. The number of nitrogens with two attached hydrogens (primary N) is 1. The zero-order valence-corrected chi connectivity index (χ0v) is 11.9. The Morgan fingerprint density at radius 2 is 2.26 bits per heavy atom. The van der Waals surface area contributed by atoms with Gasteiger partial charge in [0.25, 0.3) is 0 Å². The number of ether oxygens (including phenoxy) is 1. The van der Waals surface area contributed by atoms with E-state index < -0.39 is 0 Å². The van der Waals surface area contributed by atoms with Crippen LogP contribution in [0, 0.1) is 5.82 Å². The van der Waals surface area contributed by atoms with Crippen LogP contribution in [0.25, 0.3) is 0 Å². The topological polar surface area (TPSA) is 38.5 Å². The lowest BCUT2D eigenvalue weighted by Gasteiger charge is -2.23. The van der Waals surface area contributed by atoms with Crippen LogP contribution in [0.5, 0.6) is 0 Å². The number of rotatable bonds is 7. The van der Waals surface area contributed by atoms with Crippen LogP contribution in [0.4, 0.5) is 4.39 Å². The maximum atomic E-state index is 13.4. The highest BCUT2D eigenvalue weighted by Gasteiger charge is 2.29. The molecule has 5 heteroatoms. The Morgan fingerprint density at radius 1 is 1.53 bits per heavy atom. The lowest BCUT2D eigenvalue weighted by molar-refractivity contribution is 0.139. The van der Waals surface area contributed by atoms with Gasteiger partial charge in [0.05, 0.1) is 6.61 Å². The number of hydrogen-bond donors (Lipinski definition) is 1. The van der Waals surface area contributed by atoms with E-state index in [2.05, 4.69) is 4.90 Å². The minimum absolute atomic E-state index is 0.252. The Labute approximate surface area is 118 Å². The van der Waals surface area contributed by atoms with Crippen molar-refractivity contribution in [3.63, 3.8) is 0 Å². The van der Waals surface area contributed by atoms with Crippen LogP contribution in [-0.4, -0.2) is 36.2 Å². The summed E-state index contributed by atoms with van der Waals surface area (Å²) in [4.78, 5) is 2.62. The molecule has 0 spiro atoms. The molecule has 1 aromatic carbocycles. The van der Waals surface area contributed by atoms with E-state index in [-0.39, 0.29) is 5.82 Å². The number of methoxy groups -OCH3 is 1. The van der Waals surface area contributed by atoms with Gasteiger partial charge in [-0.3, -0.25) is 4.90 Å². The fourth-order valence-electron chi connectivity index (χ4n) is 2.19. The lowest BCUT2D eigenvalue weighted by atomic mass is 10.1. The summed E-state index contributed by atoms with van der Waals surface area (Å²) in [5, 5.41) is 0. The molecule has 19 heavy (non-hydrogen) atoms. The molecule has 1 aliphatic rings. The first-order valence-corrected chi connectivity index (χ1v) is 6.84. The van der Waals surface area contributed by atoms with Gasteiger partial charge < -0.3 is 10.5 Å². The number of thiocarbonyl (C=S) groups is 1. The van der Waals surface area contributed by atoms with Gasteiger partial charge in [-0.05, 0) is 36.6 Å². The molecule has 3 nitrogen and oxygen atoms in total. The summed E-state index contributed by atoms with van der Waals surface area (Å²) in [7, 11) is 1.69. The van der Waals surface area contributed by atoms with Crippen molar-refractivity contribution in [3.05, 3.63) is 35.1 Å². The Bertz CT molecular complexity index is 463. The zero-order valence-electron chi connectivity index (χ0n) is 11.1. The number of halogens is 1. The third-order valence-electron chi connectivity index (χ3n) is 3.35. The van der Waals surface area contributed by atoms with Gasteiger partial charge in [-0.15, -0.1) is 0 Å². The van der Waals surface area contributed by atoms with E-state index in [1.54, 1.807) is 13.2 Å². The highest BCUT2D eigenvalue weighted by atomic mass is 32.1. The first kappa shape index (κ1) is 14.4. The number of hydrogen-bond acceptors (Lipinski definition) is 3. The molecule has 2 N–H and O–H groups in total. The zero-order chi connectivity index (χ0) is 13.8. The first-order valence-electron chi connectivity index (χ1n) is 6.43. The molecule has 2 rings (SSSR count). The van der Waals surface area contributed by atoms with Crippen molar-refractivity contribution in [1.82, 2.24) is 4.90 Å². The summed E-state index contributed by atoms with van der Waals surface area (Å²) in [6, 6.07) is 5.16. The third kappa shape index (κ3) is 3.96. The molecule has 1 aliphatic carbocycles. The molecule has 0 bridgehead atoms. The Balaban J connectivity index is 2.15. The third-order valence-corrected chi connectivity index (χ3v) is 3.57. The predicted octanol–water partition coefficient (Wildman–Crippen LogP) is 2.07.